The smallest absolute Gasteiger partial charge is 0.173 e. The number of piperazine rings is 1. The highest BCUT2D eigenvalue weighted by atomic mass is 32.1. The lowest BCUT2D eigenvalue weighted by Gasteiger charge is -2.36. The number of nitrogens with zero attached hydrogens (tertiary/aromatic N) is 4. The number of hydrogen-bond donors (Lipinski definition) is 1. The van der Waals surface area contributed by atoms with E-state index in [4.69, 9.17) is 17.3 Å². The fourth-order valence-corrected chi connectivity index (χ4v) is 4.20. The molecular formula is C24H29N5S. The second-order valence-electron chi connectivity index (χ2n) is 7.96. The van der Waals surface area contributed by atoms with Crippen LogP contribution in [0.25, 0.3) is 5.69 Å². The summed E-state index contributed by atoms with van der Waals surface area (Å²) in [7, 11) is 0. The van der Waals surface area contributed by atoms with E-state index in [0.29, 0.717) is 0 Å². The van der Waals surface area contributed by atoms with Gasteiger partial charge in [0.15, 0.2) is 5.11 Å². The molecule has 5 nitrogen and oxygen atoms in total. The van der Waals surface area contributed by atoms with Crippen LogP contribution in [0.4, 0.5) is 5.69 Å². The van der Waals surface area contributed by atoms with Gasteiger partial charge in [0.25, 0.3) is 0 Å². The molecule has 1 aromatic heterocycles. The maximum atomic E-state index is 5.64. The molecule has 1 saturated heterocycles. The van der Waals surface area contributed by atoms with Crippen LogP contribution in [0.3, 0.4) is 0 Å². The molecule has 1 aliphatic heterocycles. The highest BCUT2D eigenvalue weighted by Crippen LogP contribution is 2.20. The summed E-state index contributed by atoms with van der Waals surface area (Å²) >= 11 is 5.64. The summed E-state index contributed by atoms with van der Waals surface area (Å²) in [6, 6.07) is 18.7. The molecule has 1 N–H and O–H groups in total. The summed E-state index contributed by atoms with van der Waals surface area (Å²) in [6.45, 7) is 11.1. The molecule has 0 amide bonds. The minimum Gasteiger partial charge on any atom is -0.346 e. The van der Waals surface area contributed by atoms with Gasteiger partial charge >= 0.3 is 0 Å². The van der Waals surface area contributed by atoms with Gasteiger partial charge in [-0.05, 0) is 57.3 Å². The lowest BCUT2D eigenvalue weighted by Crippen LogP contribution is -2.49. The van der Waals surface area contributed by atoms with Crippen molar-refractivity contribution in [1.29, 1.82) is 0 Å². The molecule has 0 radical (unpaired) electrons. The number of hydrogen-bond acceptors (Lipinski definition) is 3. The van der Waals surface area contributed by atoms with Crippen LogP contribution in [0.5, 0.6) is 0 Å². The third kappa shape index (κ3) is 4.55. The Morgan fingerprint density at radius 1 is 0.933 bits per heavy atom. The van der Waals surface area contributed by atoms with Crippen molar-refractivity contribution >= 4 is 23.0 Å². The lowest BCUT2D eigenvalue weighted by molar-refractivity contribution is 0.176. The monoisotopic (exact) mass is 419 g/mol. The minimum atomic E-state index is 0.808. The normalized spacial score (nSPS) is 14.7. The molecule has 156 valence electrons. The molecular weight excluding hydrogens is 390 g/mol. The SMILES string of the molecule is Cc1ccc(NC(=S)N2CCN(Cc3c(C)nn(-c4ccccc4)c3C)CC2)cc1. The minimum absolute atomic E-state index is 0.808. The van der Waals surface area contributed by atoms with Crippen LogP contribution in [-0.4, -0.2) is 50.9 Å². The third-order valence-corrected chi connectivity index (χ3v) is 6.15. The number of nitrogens with one attached hydrogen (secondary N) is 1. The molecule has 2 aromatic carbocycles. The molecule has 0 bridgehead atoms. The molecule has 3 aromatic rings. The predicted octanol–water partition coefficient (Wildman–Crippen LogP) is 4.31. The zero-order valence-corrected chi connectivity index (χ0v) is 18.7. The Labute approximate surface area is 184 Å². The molecule has 4 rings (SSSR count). The Kier molecular flexibility index (Phi) is 6.16. The number of aryl methyl sites for hydroxylation is 2. The van der Waals surface area contributed by atoms with Crippen LogP contribution in [-0.2, 0) is 6.54 Å². The number of benzene rings is 2. The molecule has 1 fully saturated rings. The number of rotatable bonds is 4. The van der Waals surface area contributed by atoms with Gasteiger partial charge < -0.3 is 10.2 Å². The van der Waals surface area contributed by atoms with E-state index >= 15 is 0 Å². The van der Waals surface area contributed by atoms with Crippen molar-refractivity contribution in [3.05, 3.63) is 77.1 Å². The predicted molar refractivity (Wildman–Crippen MR) is 127 cm³/mol. The van der Waals surface area contributed by atoms with E-state index in [1.54, 1.807) is 0 Å². The topological polar surface area (TPSA) is 36.3 Å². The van der Waals surface area contributed by atoms with Crippen LogP contribution >= 0.6 is 12.2 Å². The molecule has 0 spiro atoms. The van der Waals surface area contributed by atoms with Crippen LogP contribution in [0.1, 0.15) is 22.5 Å². The van der Waals surface area contributed by atoms with Crippen LogP contribution < -0.4 is 5.32 Å². The maximum Gasteiger partial charge on any atom is 0.173 e. The molecule has 0 atom stereocenters. The van der Waals surface area contributed by atoms with E-state index in [1.165, 1.54) is 16.8 Å². The summed E-state index contributed by atoms with van der Waals surface area (Å²) in [4.78, 5) is 4.76. The molecule has 30 heavy (non-hydrogen) atoms. The first kappa shape index (κ1) is 20.6. The van der Waals surface area contributed by atoms with Gasteiger partial charge in [0.2, 0.25) is 0 Å². The van der Waals surface area contributed by atoms with Crippen molar-refractivity contribution in [2.45, 2.75) is 27.3 Å². The highest BCUT2D eigenvalue weighted by molar-refractivity contribution is 7.80. The van der Waals surface area contributed by atoms with Crippen LogP contribution in [0, 0.1) is 20.8 Å². The zero-order chi connectivity index (χ0) is 21.1. The Morgan fingerprint density at radius 2 is 1.60 bits per heavy atom. The second-order valence-corrected chi connectivity index (χ2v) is 8.34. The molecule has 0 saturated carbocycles. The highest BCUT2D eigenvalue weighted by Gasteiger charge is 2.22. The quantitative estimate of drug-likeness (QED) is 0.638. The number of para-hydroxylation sites is 1. The first-order chi connectivity index (χ1) is 14.5. The molecule has 0 aliphatic carbocycles. The number of thiocarbonyl (C=S) groups is 1. The van der Waals surface area contributed by atoms with Crippen molar-refractivity contribution in [1.82, 2.24) is 19.6 Å². The van der Waals surface area contributed by atoms with Crippen molar-refractivity contribution in [2.24, 2.45) is 0 Å². The number of anilines is 1. The zero-order valence-electron chi connectivity index (χ0n) is 17.9. The molecule has 0 unspecified atom stereocenters. The van der Waals surface area contributed by atoms with E-state index in [9.17, 15) is 0 Å². The van der Waals surface area contributed by atoms with Gasteiger partial charge in [0.05, 0.1) is 11.4 Å². The van der Waals surface area contributed by atoms with Gasteiger partial charge in [-0.1, -0.05) is 35.9 Å². The molecule has 2 heterocycles. The standard InChI is InChI=1S/C24H29N5S/c1-18-9-11-21(12-10-18)25-24(30)28-15-13-27(14-16-28)17-23-19(2)26-29(20(23)3)22-7-5-4-6-8-22/h4-12H,13-17H2,1-3H3,(H,25,30). The first-order valence-corrected chi connectivity index (χ1v) is 10.9. The molecule has 1 aliphatic rings. The first-order valence-electron chi connectivity index (χ1n) is 10.5. The number of aromatic nitrogens is 2. The lowest BCUT2D eigenvalue weighted by atomic mass is 10.1. The fourth-order valence-electron chi connectivity index (χ4n) is 3.90. The summed E-state index contributed by atoms with van der Waals surface area (Å²) in [5.41, 5.74) is 7.07. The largest absolute Gasteiger partial charge is 0.346 e. The second kappa shape index (κ2) is 8.98. The van der Waals surface area contributed by atoms with Gasteiger partial charge in [0.1, 0.15) is 0 Å². The maximum absolute atomic E-state index is 5.64. The summed E-state index contributed by atoms with van der Waals surface area (Å²) in [6.07, 6.45) is 0. The summed E-state index contributed by atoms with van der Waals surface area (Å²) in [5, 5.41) is 8.97. The van der Waals surface area contributed by atoms with E-state index in [1.807, 2.05) is 6.07 Å². The average molecular weight is 420 g/mol. The summed E-state index contributed by atoms with van der Waals surface area (Å²) in [5.74, 6) is 0. The van der Waals surface area contributed by atoms with E-state index in [-0.39, 0.29) is 0 Å². The third-order valence-electron chi connectivity index (χ3n) is 5.79. The Balaban J connectivity index is 1.35. The van der Waals surface area contributed by atoms with Crippen molar-refractivity contribution in [3.63, 3.8) is 0 Å². The van der Waals surface area contributed by atoms with Gasteiger partial charge in [-0.2, -0.15) is 5.10 Å². The molecule has 6 heteroatoms. The van der Waals surface area contributed by atoms with Crippen LogP contribution in [0.15, 0.2) is 54.6 Å². The Bertz CT molecular complexity index is 1000. The Hall–Kier alpha value is -2.70. The van der Waals surface area contributed by atoms with Gasteiger partial charge in [-0.25, -0.2) is 4.68 Å². The van der Waals surface area contributed by atoms with Gasteiger partial charge in [-0.15, -0.1) is 0 Å². The van der Waals surface area contributed by atoms with E-state index in [0.717, 1.165) is 54.9 Å². The van der Waals surface area contributed by atoms with Gasteiger partial charge in [-0.3, -0.25) is 4.90 Å². The van der Waals surface area contributed by atoms with Crippen molar-refractivity contribution in [2.75, 3.05) is 31.5 Å². The van der Waals surface area contributed by atoms with Crippen LogP contribution in [0.2, 0.25) is 0 Å². The van der Waals surface area contributed by atoms with E-state index < -0.39 is 0 Å². The van der Waals surface area contributed by atoms with Crippen molar-refractivity contribution < 1.29 is 0 Å². The van der Waals surface area contributed by atoms with Gasteiger partial charge in [0, 0.05) is 49.7 Å². The average Bonchev–Trinajstić information content (AvgIpc) is 3.05. The van der Waals surface area contributed by atoms with E-state index in [2.05, 4.69) is 89.1 Å². The Morgan fingerprint density at radius 3 is 2.27 bits per heavy atom. The fraction of sp³-hybridized carbons (Fsp3) is 0.333. The summed E-state index contributed by atoms with van der Waals surface area (Å²) < 4.78 is 2.06. The van der Waals surface area contributed by atoms with Crippen molar-refractivity contribution in [3.8, 4) is 5.69 Å².